The number of aromatic nitrogens is 10. The Morgan fingerprint density at radius 1 is 0.169 bits per heavy atom. The monoisotopic (exact) mass is 1820 g/mol. The van der Waals surface area contributed by atoms with Crippen LogP contribution in [0.5, 0.6) is 0 Å². The van der Waals surface area contributed by atoms with E-state index in [0.717, 1.165) is 100 Å². The Hall–Kier alpha value is -18.0. The lowest BCUT2D eigenvalue weighted by Crippen LogP contribution is -2.14. The predicted molar refractivity (Wildman–Crippen MR) is 586 cm³/mol. The summed E-state index contributed by atoms with van der Waals surface area (Å²) in [4.78, 5) is 36.3. The van der Waals surface area contributed by atoms with E-state index in [1.807, 2.05) is 42.5 Å². The van der Waals surface area contributed by atoms with Crippen molar-refractivity contribution in [3.8, 4) is 152 Å². The number of rotatable bonds is 12. The van der Waals surface area contributed by atoms with Gasteiger partial charge in [0.2, 0.25) is 11.9 Å². The largest absolute Gasteiger partial charge is 0.309 e. The molecule has 0 saturated carbocycles. The number of nitrogens with zero attached hydrogens (tertiary/aromatic N) is 10. The van der Waals surface area contributed by atoms with E-state index in [4.69, 9.17) is 34.9 Å². The Kier molecular flexibility index (Phi) is 20.1. The predicted octanol–water partition coefficient (Wildman–Crippen LogP) is 33.2. The van der Waals surface area contributed by atoms with Gasteiger partial charge in [0, 0.05) is 93.0 Å². The van der Waals surface area contributed by atoms with Gasteiger partial charge in [0.15, 0.2) is 17.5 Å². The summed E-state index contributed by atoms with van der Waals surface area (Å²) in [6.07, 6.45) is 0. The van der Waals surface area contributed by atoms with Gasteiger partial charge < -0.3 is 4.57 Å². The molecule has 6 aromatic heterocycles. The van der Waals surface area contributed by atoms with Crippen molar-refractivity contribution in [3.05, 3.63) is 494 Å². The molecule has 25 aromatic rings. The van der Waals surface area contributed by atoms with Gasteiger partial charge in [-0.1, -0.05) is 418 Å². The number of benzene rings is 19. The standard InChI is InChI=1S/C48H34N4.C43H31N3.C41H29N3/c1-48(2)41-22-11-9-20-37(41)39-30-44-40(29-42(39)48)38-21-10-12-23-43(38)52(44)36-19-13-18-35(28-36)47-50-45(33-16-7-4-8-17-33)49-46(51-47)34-26-24-32(25-27-34)31-14-5-3-6-15-31;1-43(2)36-22-11-9-20-32(36)34-26-41-35(25-37(34)43)33-21-10-12-23-40(33)46(41)42-44-38(29-16-7-4-8-17-29)27-39(45-42)31-19-13-18-30(24-31)28-14-5-3-6-15-28;1-41(2)34-17-9-6-14-29(34)32-25-38-33(24-35(32)41)30-15-8-11-19-37(30)44(38)40-42-36-18-10-7-16-31(36)39(43-40)28-22-20-27(21-23-28)26-12-4-3-5-13-26/h3-30H,1-2H3;3-27H,1-2H3;3-25H,1-2H3. The summed E-state index contributed by atoms with van der Waals surface area (Å²) in [6.45, 7) is 14.0. The molecule has 0 bridgehead atoms. The number of hydrogen-bond acceptors (Lipinski definition) is 7. The van der Waals surface area contributed by atoms with Crippen LogP contribution in [-0.2, 0) is 16.2 Å². The first-order chi connectivity index (χ1) is 69.7. The van der Waals surface area contributed by atoms with Crippen LogP contribution in [0.3, 0.4) is 0 Å². The summed E-state index contributed by atoms with van der Waals surface area (Å²) in [6, 6.07) is 164. The van der Waals surface area contributed by atoms with E-state index in [1.54, 1.807) is 0 Å². The van der Waals surface area contributed by atoms with Crippen molar-refractivity contribution in [1.82, 2.24) is 48.6 Å². The first-order valence-electron chi connectivity index (χ1n) is 48.8. The van der Waals surface area contributed by atoms with Gasteiger partial charge in [0.1, 0.15) is 0 Å². The molecule has 6 heterocycles. The molecule has 0 N–H and O–H groups in total. The van der Waals surface area contributed by atoms with Crippen LogP contribution in [0.25, 0.3) is 229 Å². The average Bonchev–Trinajstić information content (AvgIpc) is 1.56. The quantitative estimate of drug-likeness (QED) is 0.120. The molecule has 10 heteroatoms. The topological polar surface area (TPSA) is 105 Å². The lowest BCUT2D eigenvalue weighted by molar-refractivity contribution is 0.661. The lowest BCUT2D eigenvalue weighted by Gasteiger charge is -2.21. The van der Waals surface area contributed by atoms with Gasteiger partial charge in [-0.05, 0) is 185 Å². The fraction of sp³-hybridized carbons (Fsp3) is 0.0682. The first-order valence-corrected chi connectivity index (χ1v) is 48.8. The molecule has 0 radical (unpaired) electrons. The fourth-order valence-corrected chi connectivity index (χ4v) is 22.5. The SMILES string of the molecule is CC1(C)c2ccccc2-c2cc3c(cc21)c1ccccc1n3-c1cccc(-c2nc(-c3ccccc3)nc(-c3ccc(-c4ccccc4)cc3)n2)c1.CC1(C)c2ccccc2-c2cc3c(cc21)c1ccccc1n3-c1nc(-c2ccc(-c3ccccc3)cc2)c2ccccc2n1.CC1(C)c2ccccc2-c2cc3c(cc21)c1ccccc1n3-c1nc(-c2ccccc2)cc(-c2cccc(-c3ccccc3)c2)n1. The second-order valence-electron chi connectivity index (χ2n) is 39.1. The van der Waals surface area contributed by atoms with Gasteiger partial charge in [-0.2, -0.15) is 0 Å². The summed E-state index contributed by atoms with van der Waals surface area (Å²) in [5.41, 5.74) is 40.4. The summed E-state index contributed by atoms with van der Waals surface area (Å²) in [7, 11) is 0. The van der Waals surface area contributed by atoms with E-state index in [2.05, 4.69) is 474 Å². The zero-order valence-corrected chi connectivity index (χ0v) is 79.4. The minimum absolute atomic E-state index is 0.0676. The maximum atomic E-state index is 5.33. The smallest absolute Gasteiger partial charge is 0.235 e. The van der Waals surface area contributed by atoms with Gasteiger partial charge in [-0.3, -0.25) is 9.13 Å². The van der Waals surface area contributed by atoms with Gasteiger partial charge in [0.25, 0.3) is 0 Å². The van der Waals surface area contributed by atoms with Crippen molar-refractivity contribution in [2.45, 2.75) is 57.8 Å². The highest BCUT2D eigenvalue weighted by molar-refractivity contribution is 6.15. The van der Waals surface area contributed by atoms with Gasteiger partial charge in [-0.25, -0.2) is 34.9 Å². The highest BCUT2D eigenvalue weighted by atomic mass is 15.2. The molecule has 0 fully saturated rings. The molecule has 0 unspecified atom stereocenters. The minimum atomic E-state index is -0.0794. The molecule has 0 spiro atoms. The highest BCUT2D eigenvalue weighted by Crippen LogP contribution is 2.55. The second kappa shape index (κ2) is 33.7. The normalized spacial score (nSPS) is 13.2. The Morgan fingerprint density at radius 3 is 0.958 bits per heavy atom. The van der Waals surface area contributed by atoms with Crippen molar-refractivity contribution < 1.29 is 0 Å². The van der Waals surface area contributed by atoms with Crippen LogP contribution in [0.15, 0.2) is 461 Å². The summed E-state index contributed by atoms with van der Waals surface area (Å²) in [5.74, 6) is 3.27. The second-order valence-corrected chi connectivity index (χ2v) is 39.1. The Morgan fingerprint density at radius 2 is 0.486 bits per heavy atom. The van der Waals surface area contributed by atoms with Crippen LogP contribution in [-0.4, -0.2) is 48.6 Å². The Bertz CT molecular complexity index is 9340. The number of fused-ring (bicyclic) bond motifs is 19. The summed E-state index contributed by atoms with van der Waals surface area (Å²) in [5, 5.41) is 8.40. The van der Waals surface area contributed by atoms with Gasteiger partial charge in [-0.15, -0.1) is 0 Å². The molecule has 672 valence electrons. The molecule has 19 aromatic carbocycles. The molecule has 28 rings (SSSR count). The molecule has 142 heavy (non-hydrogen) atoms. The summed E-state index contributed by atoms with van der Waals surface area (Å²) < 4.78 is 6.91. The van der Waals surface area contributed by atoms with Crippen LogP contribution in [0.1, 0.15) is 74.9 Å². The number of para-hydroxylation sites is 4. The molecule has 0 aliphatic heterocycles. The number of hydrogen-bond donors (Lipinski definition) is 0. The van der Waals surface area contributed by atoms with Crippen LogP contribution in [0, 0.1) is 0 Å². The van der Waals surface area contributed by atoms with E-state index in [9.17, 15) is 0 Å². The average molecular weight is 1820 g/mol. The van der Waals surface area contributed by atoms with Gasteiger partial charge >= 0.3 is 0 Å². The highest BCUT2D eigenvalue weighted by Gasteiger charge is 2.40. The van der Waals surface area contributed by atoms with Gasteiger partial charge in [0.05, 0.1) is 55.7 Å². The molecule has 0 amide bonds. The van der Waals surface area contributed by atoms with E-state index < -0.39 is 0 Å². The molecule has 0 saturated heterocycles. The third kappa shape index (κ3) is 14.2. The van der Waals surface area contributed by atoms with Crippen LogP contribution in [0.2, 0.25) is 0 Å². The first kappa shape index (κ1) is 84.5. The fourth-order valence-electron chi connectivity index (χ4n) is 22.5. The molecule has 0 atom stereocenters. The maximum Gasteiger partial charge on any atom is 0.235 e. The van der Waals surface area contributed by atoms with Crippen molar-refractivity contribution in [3.63, 3.8) is 0 Å². The third-order valence-corrected chi connectivity index (χ3v) is 29.7. The Balaban J connectivity index is 0.000000110. The van der Waals surface area contributed by atoms with Crippen molar-refractivity contribution in [2.75, 3.05) is 0 Å². The Labute approximate surface area is 823 Å². The zero-order chi connectivity index (χ0) is 95.1. The summed E-state index contributed by atoms with van der Waals surface area (Å²) >= 11 is 0. The van der Waals surface area contributed by atoms with E-state index in [1.165, 1.54) is 132 Å². The van der Waals surface area contributed by atoms with Crippen LogP contribution >= 0.6 is 0 Å². The van der Waals surface area contributed by atoms with E-state index >= 15 is 0 Å². The van der Waals surface area contributed by atoms with E-state index in [0.29, 0.717) is 29.4 Å². The molecule has 3 aliphatic rings. The molecular formula is C132H94N10. The lowest BCUT2D eigenvalue weighted by atomic mass is 9.82. The van der Waals surface area contributed by atoms with Crippen molar-refractivity contribution in [2.24, 2.45) is 0 Å². The van der Waals surface area contributed by atoms with Crippen molar-refractivity contribution in [1.29, 1.82) is 0 Å². The molecule has 3 aliphatic carbocycles. The zero-order valence-electron chi connectivity index (χ0n) is 79.4. The molecular weight excluding hydrogens is 1730 g/mol. The van der Waals surface area contributed by atoms with Crippen LogP contribution < -0.4 is 0 Å². The van der Waals surface area contributed by atoms with E-state index in [-0.39, 0.29) is 16.2 Å². The maximum absolute atomic E-state index is 5.33. The molecule has 10 nitrogen and oxygen atoms in total. The minimum Gasteiger partial charge on any atom is -0.309 e. The van der Waals surface area contributed by atoms with Crippen molar-refractivity contribution >= 4 is 76.3 Å². The third-order valence-electron chi connectivity index (χ3n) is 29.7. The van der Waals surface area contributed by atoms with Crippen LogP contribution in [0.4, 0.5) is 0 Å².